The number of nitrogens with zero attached hydrogens (tertiary/aromatic N) is 5. The Morgan fingerprint density at radius 2 is 2.45 bits per heavy atom. The van der Waals surface area contributed by atoms with Gasteiger partial charge in [-0.15, -0.1) is 0 Å². The summed E-state index contributed by atoms with van der Waals surface area (Å²) in [5.74, 6) is 0.00331. The van der Waals surface area contributed by atoms with E-state index in [2.05, 4.69) is 21.4 Å². The molecule has 0 radical (unpaired) electrons. The van der Waals surface area contributed by atoms with Crippen molar-refractivity contribution in [1.82, 2.24) is 0 Å². The summed E-state index contributed by atoms with van der Waals surface area (Å²) in [6, 6.07) is 7.25. The fourth-order valence-corrected chi connectivity index (χ4v) is 2.32. The molecule has 0 spiro atoms. The van der Waals surface area contributed by atoms with Crippen molar-refractivity contribution >= 4 is 17.3 Å². The van der Waals surface area contributed by atoms with Crippen molar-refractivity contribution in [2.45, 2.75) is 6.42 Å². The van der Waals surface area contributed by atoms with Gasteiger partial charge in [0.25, 0.3) is 0 Å². The summed E-state index contributed by atoms with van der Waals surface area (Å²) in [4.78, 5) is 16.5. The molecule has 102 valence electrons. The molecule has 1 aromatic rings. The van der Waals surface area contributed by atoms with E-state index >= 15 is 0 Å². The van der Waals surface area contributed by atoms with Crippen LogP contribution in [0.2, 0.25) is 0 Å². The van der Waals surface area contributed by atoms with Gasteiger partial charge in [0.1, 0.15) is 0 Å². The number of nitriles is 1. The van der Waals surface area contributed by atoms with Crippen LogP contribution in [0.25, 0.3) is 10.4 Å². The Balaban J connectivity index is 2.29. The predicted molar refractivity (Wildman–Crippen MR) is 75.2 cm³/mol. The van der Waals surface area contributed by atoms with Gasteiger partial charge in [-0.2, -0.15) is 5.26 Å². The number of anilines is 2. The van der Waals surface area contributed by atoms with E-state index in [1.54, 1.807) is 30.1 Å². The fourth-order valence-electron chi connectivity index (χ4n) is 2.32. The lowest BCUT2D eigenvalue weighted by atomic mass is 10.1. The number of hydrogen-bond donors (Lipinski definition) is 1. The monoisotopic (exact) mass is 270 g/mol. The zero-order chi connectivity index (χ0) is 14.5. The summed E-state index contributed by atoms with van der Waals surface area (Å²) in [5, 5.41) is 15.5. The molecule has 20 heavy (non-hydrogen) atoms. The quantitative estimate of drug-likeness (QED) is 0.515. The first kappa shape index (κ1) is 13.7. The summed E-state index contributed by atoms with van der Waals surface area (Å²) < 4.78 is 0. The molecule has 1 saturated heterocycles. The molecule has 0 saturated carbocycles. The minimum atomic E-state index is -0.0188. The van der Waals surface area contributed by atoms with Gasteiger partial charge in [-0.3, -0.25) is 4.79 Å². The van der Waals surface area contributed by atoms with Gasteiger partial charge < -0.3 is 10.2 Å². The largest absolute Gasteiger partial charge is 0.386 e. The molecule has 0 aliphatic carbocycles. The number of azide groups is 1. The SMILES string of the molecule is CNc1ccc(C#N)cc1N1CC(CN=[N+]=[N-])CC1=O. The molecule has 1 unspecified atom stereocenters. The summed E-state index contributed by atoms with van der Waals surface area (Å²) in [6.45, 7) is 0.812. The van der Waals surface area contributed by atoms with Crippen molar-refractivity contribution in [3.8, 4) is 6.07 Å². The molecular weight excluding hydrogens is 256 g/mol. The van der Waals surface area contributed by atoms with Crippen LogP contribution in [0.4, 0.5) is 11.4 Å². The van der Waals surface area contributed by atoms with E-state index in [1.165, 1.54) is 0 Å². The molecule has 0 bridgehead atoms. The van der Waals surface area contributed by atoms with Gasteiger partial charge in [-0.25, -0.2) is 0 Å². The van der Waals surface area contributed by atoms with Crippen molar-refractivity contribution < 1.29 is 4.79 Å². The Labute approximate surface area is 116 Å². The second-order valence-corrected chi connectivity index (χ2v) is 4.58. The Kier molecular flexibility index (Phi) is 4.08. The summed E-state index contributed by atoms with van der Waals surface area (Å²) in [5.41, 5.74) is 10.3. The highest BCUT2D eigenvalue weighted by atomic mass is 16.2. The molecule has 0 aromatic heterocycles. The van der Waals surface area contributed by atoms with Crippen LogP contribution in [0.1, 0.15) is 12.0 Å². The molecule has 1 fully saturated rings. The van der Waals surface area contributed by atoms with Gasteiger partial charge in [0.15, 0.2) is 0 Å². The number of benzene rings is 1. The highest BCUT2D eigenvalue weighted by molar-refractivity contribution is 5.99. The van der Waals surface area contributed by atoms with Crippen LogP contribution in [0, 0.1) is 17.2 Å². The minimum Gasteiger partial charge on any atom is -0.386 e. The van der Waals surface area contributed by atoms with E-state index in [0.29, 0.717) is 30.8 Å². The first-order valence-electron chi connectivity index (χ1n) is 6.22. The van der Waals surface area contributed by atoms with Crippen LogP contribution >= 0.6 is 0 Å². The van der Waals surface area contributed by atoms with Crippen molar-refractivity contribution in [2.75, 3.05) is 30.4 Å². The zero-order valence-electron chi connectivity index (χ0n) is 11.1. The van der Waals surface area contributed by atoms with Gasteiger partial charge in [0, 0.05) is 31.5 Å². The summed E-state index contributed by atoms with van der Waals surface area (Å²) in [7, 11) is 1.77. The molecule has 1 atom stereocenters. The van der Waals surface area contributed by atoms with Gasteiger partial charge in [-0.1, -0.05) is 5.11 Å². The molecule has 1 amide bonds. The fraction of sp³-hybridized carbons (Fsp3) is 0.385. The van der Waals surface area contributed by atoms with Gasteiger partial charge in [0.2, 0.25) is 5.91 Å². The van der Waals surface area contributed by atoms with E-state index in [0.717, 1.165) is 5.69 Å². The first-order valence-corrected chi connectivity index (χ1v) is 6.22. The van der Waals surface area contributed by atoms with E-state index < -0.39 is 0 Å². The summed E-state index contributed by atoms with van der Waals surface area (Å²) in [6.07, 6.45) is 0.360. The lowest BCUT2D eigenvalue weighted by Crippen LogP contribution is -2.25. The third-order valence-corrected chi connectivity index (χ3v) is 3.30. The predicted octanol–water partition coefficient (Wildman–Crippen LogP) is 2.26. The Hall–Kier alpha value is -2.71. The number of amides is 1. The van der Waals surface area contributed by atoms with Crippen molar-refractivity contribution in [2.24, 2.45) is 11.0 Å². The van der Waals surface area contributed by atoms with E-state index in [1.807, 2.05) is 0 Å². The van der Waals surface area contributed by atoms with Gasteiger partial charge >= 0.3 is 0 Å². The normalized spacial score (nSPS) is 17.5. The average molecular weight is 270 g/mol. The molecule has 7 nitrogen and oxygen atoms in total. The smallest absolute Gasteiger partial charge is 0.227 e. The third-order valence-electron chi connectivity index (χ3n) is 3.30. The van der Waals surface area contributed by atoms with Crippen LogP contribution in [0.15, 0.2) is 23.3 Å². The van der Waals surface area contributed by atoms with Crippen LogP contribution in [0.5, 0.6) is 0 Å². The standard InChI is InChI=1S/C13H14N6O/c1-16-11-3-2-9(6-14)4-12(11)19-8-10(5-13(19)20)7-17-18-15/h2-4,10,16H,5,7-8H2,1H3. The number of rotatable bonds is 4. The zero-order valence-corrected chi connectivity index (χ0v) is 11.1. The van der Waals surface area contributed by atoms with Crippen LogP contribution < -0.4 is 10.2 Å². The summed E-state index contributed by atoms with van der Waals surface area (Å²) >= 11 is 0. The molecule has 2 rings (SSSR count). The maximum Gasteiger partial charge on any atom is 0.227 e. The maximum absolute atomic E-state index is 12.1. The molecular formula is C13H14N6O. The van der Waals surface area contributed by atoms with Crippen LogP contribution in [-0.4, -0.2) is 26.0 Å². The average Bonchev–Trinajstić information content (AvgIpc) is 2.85. The van der Waals surface area contributed by atoms with Crippen LogP contribution in [-0.2, 0) is 4.79 Å². The van der Waals surface area contributed by atoms with Crippen molar-refractivity contribution in [3.63, 3.8) is 0 Å². The minimum absolute atomic E-state index is 0.0188. The number of carbonyl (C=O) groups is 1. The first-order chi connectivity index (χ1) is 9.69. The number of nitrogens with one attached hydrogen (secondary N) is 1. The van der Waals surface area contributed by atoms with Crippen LogP contribution in [0.3, 0.4) is 0 Å². The molecule has 1 N–H and O–H groups in total. The second-order valence-electron chi connectivity index (χ2n) is 4.58. The van der Waals surface area contributed by atoms with E-state index in [-0.39, 0.29) is 11.8 Å². The van der Waals surface area contributed by atoms with Gasteiger partial charge in [-0.05, 0) is 29.6 Å². The number of carbonyl (C=O) groups excluding carboxylic acids is 1. The van der Waals surface area contributed by atoms with E-state index in [4.69, 9.17) is 10.8 Å². The van der Waals surface area contributed by atoms with E-state index in [9.17, 15) is 4.79 Å². The number of hydrogen-bond acceptors (Lipinski definition) is 4. The van der Waals surface area contributed by atoms with Crippen molar-refractivity contribution in [1.29, 1.82) is 5.26 Å². The second kappa shape index (κ2) is 5.95. The molecule has 1 aliphatic rings. The molecule has 7 heteroatoms. The molecule has 1 aromatic carbocycles. The molecule has 1 aliphatic heterocycles. The Morgan fingerprint density at radius 3 is 3.10 bits per heavy atom. The molecule has 1 heterocycles. The van der Waals surface area contributed by atoms with Crippen molar-refractivity contribution in [3.05, 3.63) is 34.2 Å². The van der Waals surface area contributed by atoms with Gasteiger partial charge in [0.05, 0.1) is 23.0 Å². The Morgan fingerprint density at radius 1 is 1.65 bits per heavy atom. The highest BCUT2D eigenvalue weighted by Gasteiger charge is 2.31. The lowest BCUT2D eigenvalue weighted by Gasteiger charge is -2.20. The topological polar surface area (TPSA) is 105 Å². The lowest BCUT2D eigenvalue weighted by molar-refractivity contribution is -0.117. The maximum atomic E-state index is 12.1. The Bertz CT molecular complexity index is 614. The highest BCUT2D eigenvalue weighted by Crippen LogP contribution is 2.32. The third kappa shape index (κ3) is 2.66.